The minimum atomic E-state index is 0.540. The molecule has 3 heterocycles. The fourth-order valence-corrected chi connectivity index (χ4v) is 2.71. The van der Waals surface area contributed by atoms with E-state index in [1.807, 2.05) is 16.8 Å². The number of hydrogen-bond donors (Lipinski definition) is 1. The van der Waals surface area contributed by atoms with Crippen molar-refractivity contribution in [3.63, 3.8) is 0 Å². The first-order valence-electron chi connectivity index (χ1n) is 7.61. The fraction of sp³-hybridized carbons (Fsp3) is 0.500. The highest BCUT2D eigenvalue weighted by Crippen LogP contribution is 2.15. The van der Waals surface area contributed by atoms with Crippen molar-refractivity contribution in [1.82, 2.24) is 14.3 Å². The molecule has 1 saturated heterocycles. The Hall–Kier alpha value is -2.04. The first kappa shape index (κ1) is 13.9. The molecular weight excluding hydrogens is 262 g/mol. The van der Waals surface area contributed by atoms with Crippen molar-refractivity contribution in [3.8, 4) is 0 Å². The molecule has 5 heteroatoms. The van der Waals surface area contributed by atoms with Gasteiger partial charge in [0, 0.05) is 25.5 Å². The fourth-order valence-electron chi connectivity index (χ4n) is 2.71. The summed E-state index contributed by atoms with van der Waals surface area (Å²) in [6, 6.07) is 4.15. The topological polar surface area (TPSA) is 58.9 Å². The smallest absolute Gasteiger partial charge is 0.191 e. The summed E-state index contributed by atoms with van der Waals surface area (Å²) in [5, 5.41) is 0. The quantitative estimate of drug-likeness (QED) is 0.679. The second kappa shape index (κ2) is 5.76. The number of rotatable bonds is 2. The van der Waals surface area contributed by atoms with Gasteiger partial charge in [-0.25, -0.2) is 9.98 Å². The van der Waals surface area contributed by atoms with Crippen LogP contribution in [-0.4, -0.2) is 33.3 Å². The van der Waals surface area contributed by atoms with E-state index in [0.29, 0.717) is 12.5 Å². The number of piperidine rings is 1. The largest absolute Gasteiger partial charge is 0.370 e. The Morgan fingerprint density at radius 3 is 2.95 bits per heavy atom. The van der Waals surface area contributed by atoms with Crippen molar-refractivity contribution < 1.29 is 0 Å². The van der Waals surface area contributed by atoms with E-state index in [9.17, 15) is 0 Å². The number of guanidine groups is 1. The average molecular weight is 285 g/mol. The molecule has 0 aliphatic carbocycles. The number of aromatic nitrogens is 2. The molecule has 112 valence electrons. The van der Waals surface area contributed by atoms with Crippen LogP contribution in [0, 0.1) is 12.8 Å². The molecule has 0 bridgehead atoms. The van der Waals surface area contributed by atoms with Crippen LogP contribution in [0.15, 0.2) is 29.5 Å². The highest BCUT2D eigenvalue weighted by atomic mass is 15.3. The lowest BCUT2D eigenvalue weighted by Crippen LogP contribution is -2.42. The SMILES string of the molecule is Cc1ccn2cc(CN=C(N)N3CCC(C)CC3)nc2c1. The third-order valence-electron chi connectivity index (χ3n) is 4.18. The molecule has 2 N–H and O–H groups in total. The molecular formula is C16H23N5. The Morgan fingerprint density at radius 1 is 1.43 bits per heavy atom. The number of aliphatic imine (C=N–C) groups is 1. The highest BCUT2D eigenvalue weighted by Gasteiger charge is 2.16. The van der Waals surface area contributed by atoms with Crippen molar-refractivity contribution in [2.75, 3.05) is 13.1 Å². The van der Waals surface area contributed by atoms with E-state index in [4.69, 9.17) is 5.73 Å². The predicted octanol–water partition coefficient (Wildman–Crippen LogP) is 2.19. The van der Waals surface area contributed by atoms with Gasteiger partial charge in [0.05, 0.1) is 12.2 Å². The Morgan fingerprint density at radius 2 is 2.19 bits per heavy atom. The van der Waals surface area contributed by atoms with E-state index in [-0.39, 0.29) is 0 Å². The number of nitrogens with two attached hydrogens (primary N) is 1. The average Bonchev–Trinajstić information content (AvgIpc) is 2.87. The summed E-state index contributed by atoms with van der Waals surface area (Å²) in [5.41, 5.74) is 9.23. The third-order valence-corrected chi connectivity index (χ3v) is 4.18. The van der Waals surface area contributed by atoms with Gasteiger partial charge in [0.2, 0.25) is 0 Å². The van der Waals surface area contributed by atoms with Crippen LogP contribution in [0.5, 0.6) is 0 Å². The molecule has 1 aliphatic heterocycles. The Bertz CT molecular complexity index is 650. The molecule has 2 aromatic rings. The van der Waals surface area contributed by atoms with Crippen LogP contribution in [0.25, 0.3) is 5.65 Å². The maximum atomic E-state index is 6.10. The molecule has 2 aromatic heterocycles. The van der Waals surface area contributed by atoms with Gasteiger partial charge in [-0.3, -0.25) is 0 Å². The van der Waals surface area contributed by atoms with Crippen LogP contribution in [0.4, 0.5) is 0 Å². The minimum absolute atomic E-state index is 0.540. The molecule has 0 saturated carbocycles. The third kappa shape index (κ3) is 3.17. The van der Waals surface area contributed by atoms with Gasteiger partial charge < -0.3 is 15.0 Å². The number of imidazole rings is 1. The monoisotopic (exact) mass is 285 g/mol. The van der Waals surface area contributed by atoms with E-state index in [2.05, 4.69) is 40.9 Å². The first-order chi connectivity index (χ1) is 10.1. The van der Waals surface area contributed by atoms with Crippen LogP contribution >= 0.6 is 0 Å². The molecule has 5 nitrogen and oxygen atoms in total. The molecule has 0 amide bonds. The van der Waals surface area contributed by atoms with Crippen LogP contribution < -0.4 is 5.73 Å². The Labute approximate surface area is 125 Å². The van der Waals surface area contributed by atoms with E-state index >= 15 is 0 Å². The number of likely N-dealkylation sites (tertiary alicyclic amines) is 1. The normalized spacial score (nSPS) is 17.6. The maximum absolute atomic E-state index is 6.10. The molecule has 21 heavy (non-hydrogen) atoms. The van der Waals surface area contributed by atoms with Crippen molar-refractivity contribution in [1.29, 1.82) is 0 Å². The standard InChI is InChI=1S/C16H23N5/c1-12-3-6-20(7-4-12)16(17)18-10-14-11-21-8-5-13(2)9-15(21)19-14/h5,8-9,11-12H,3-4,6-7,10H2,1-2H3,(H2,17,18). The van der Waals surface area contributed by atoms with Crippen molar-refractivity contribution >= 4 is 11.6 Å². The van der Waals surface area contributed by atoms with E-state index in [0.717, 1.165) is 30.3 Å². The van der Waals surface area contributed by atoms with E-state index < -0.39 is 0 Å². The van der Waals surface area contributed by atoms with Gasteiger partial charge in [-0.15, -0.1) is 0 Å². The summed E-state index contributed by atoms with van der Waals surface area (Å²) in [4.78, 5) is 11.3. The lowest BCUT2D eigenvalue weighted by Gasteiger charge is -2.30. The molecule has 0 unspecified atom stereocenters. The summed E-state index contributed by atoms with van der Waals surface area (Å²) in [6.45, 7) is 6.94. The van der Waals surface area contributed by atoms with Gasteiger partial charge in [-0.1, -0.05) is 6.92 Å². The van der Waals surface area contributed by atoms with Gasteiger partial charge >= 0.3 is 0 Å². The summed E-state index contributed by atoms with van der Waals surface area (Å²) in [7, 11) is 0. The molecule has 1 aliphatic rings. The highest BCUT2D eigenvalue weighted by molar-refractivity contribution is 5.78. The predicted molar refractivity (Wildman–Crippen MR) is 85.2 cm³/mol. The number of pyridine rings is 1. The van der Waals surface area contributed by atoms with Crippen molar-refractivity contribution in [3.05, 3.63) is 35.8 Å². The van der Waals surface area contributed by atoms with Crippen molar-refractivity contribution in [2.45, 2.75) is 33.2 Å². The lowest BCUT2D eigenvalue weighted by atomic mass is 10.00. The zero-order chi connectivity index (χ0) is 14.8. The maximum Gasteiger partial charge on any atom is 0.191 e. The summed E-state index contributed by atoms with van der Waals surface area (Å²) >= 11 is 0. The number of fused-ring (bicyclic) bond motifs is 1. The van der Waals surface area contributed by atoms with Gasteiger partial charge in [-0.2, -0.15) is 0 Å². The first-order valence-corrected chi connectivity index (χ1v) is 7.61. The molecule has 0 atom stereocenters. The van der Waals surface area contributed by atoms with Crippen LogP contribution in [0.2, 0.25) is 0 Å². The summed E-state index contributed by atoms with van der Waals surface area (Å²) < 4.78 is 2.02. The molecule has 0 radical (unpaired) electrons. The number of nitrogens with zero attached hydrogens (tertiary/aromatic N) is 4. The molecule has 3 rings (SSSR count). The number of aryl methyl sites for hydroxylation is 1. The van der Waals surface area contributed by atoms with Crippen LogP contribution in [0.3, 0.4) is 0 Å². The number of hydrogen-bond acceptors (Lipinski definition) is 2. The Kier molecular flexibility index (Phi) is 3.82. The van der Waals surface area contributed by atoms with Gasteiger partial charge in [0.15, 0.2) is 5.96 Å². The minimum Gasteiger partial charge on any atom is -0.370 e. The van der Waals surface area contributed by atoms with Gasteiger partial charge in [-0.05, 0) is 43.4 Å². The Balaban J connectivity index is 1.68. The lowest BCUT2D eigenvalue weighted by molar-refractivity contribution is 0.277. The molecule has 1 fully saturated rings. The van der Waals surface area contributed by atoms with Gasteiger partial charge in [0.1, 0.15) is 5.65 Å². The summed E-state index contributed by atoms with van der Waals surface area (Å²) in [5.74, 6) is 1.45. The zero-order valence-electron chi connectivity index (χ0n) is 12.8. The summed E-state index contributed by atoms with van der Waals surface area (Å²) in [6.07, 6.45) is 6.44. The van der Waals surface area contributed by atoms with E-state index in [1.54, 1.807) is 0 Å². The zero-order valence-corrected chi connectivity index (χ0v) is 12.8. The molecule has 0 spiro atoms. The van der Waals surface area contributed by atoms with E-state index in [1.165, 1.54) is 18.4 Å². The molecule has 0 aromatic carbocycles. The van der Waals surface area contributed by atoms with Crippen LogP contribution in [-0.2, 0) is 6.54 Å². The van der Waals surface area contributed by atoms with Gasteiger partial charge in [0.25, 0.3) is 0 Å². The van der Waals surface area contributed by atoms with Crippen molar-refractivity contribution in [2.24, 2.45) is 16.6 Å². The second-order valence-electron chi connectivity index (χ2n) is 6.05. The second-order valence-corrected chi connectivity index (χ2v) is 6.05. The van der Waals surface area contributed by atoms with Crippen LogP contribution in [0.1, 0.15) is 31.0 Å².